The van der Waals surface area contributed by atoms with Crippen molar-refractivity contribution in [2.45, 2.75) is 44.2 Å². The normalized spacial score (nSPS) is 25.4. The lowest BCUT2D eigenvalue weighted by Gasteiger charge is -2.42. The summed E-state index contributed by atoms with van der Waals surface area (Å²) < 4.78 is 11.9. The second-order valence-electron chi connectivity index (χ2n) is 5.29. The van der Waals surface area contributed by atoms with Crippen LogP contribution in [-0.2, 0) is 14.3 Å². The number of ether oxygens (including phenoxy) is 2. The fourth-order valence-electron chi connectivity index (χ4n) is 2.94. The van der Waals surface area contributed by atoms with Gasteiger partial charge in [0.05, 0.1) is 12.7 Å². The summed E-state index contributed by atoms with van der Waals surface area (Å²) in [7, 11) is 1.66. The summed E-state index contributed by atoms with van der Waals surface area (Å²) in [6.45, 7) is 2.20. The number of hydrogen-bond acceptors (Lipinski definition) is 4. The highest BCUT2D eigenvalue weighted by atomic mass is 79.9. The third kappa shape index (κ3) is 3.58. The number of halogens is 1. The van der Waals surface area contributed by atoms with E-state index in [1.807, 2.05) is 31.2 Å². The molecule has 21 heavy (non-hydrogen) atoms. The number of nitrogens with one attached hydrogen (secondary N) is 1. The summed E-state index contributed by atoms with van der Waals surface area (Å²) in [5.41, 5.74) is 0.104. The summed E-state index contributed by atoms with van der Waals surface area (Å²) in [5.74, 6) is -0.223. The lowest BCUT2D eigenvalue weighted by molar-refractivity contribution is -0.156. The Hall–Kier alpha value is -1.07. The van der Waals surface area contributed by atoms with Gasteiger partial charge in [0.1, 0.15) is 0 Å². The van der Waals surface area contributed by atoms with Crippen LogP contribution in [0.1, 0.15) is 32.6 Å². The predicted octanol–water partition coefficient (Wildman–Crippen LogP) is 3.75. The molecule has 2 rings (SSSR count). The highest BCUT2D eigenvalue weighted by molar-refractivity contribution is 9.10. The van der Waals surface area contributed by atoms with Crippen LogP contribution in [0.5, 0.6) is 0 Å². The van der Waals surface area contributed by atoms with Gasteiger partial charge in [-0.05, 0) is 44.0 Å². The molecule has 2 atom stereocenters. The van der Waals surface area contributed by atoms with Crippen LogP contribution in [0.25, 0.3) is 0 Å². The van der Waals surface area contributed by atoms with Crippen molar-refractivity contribution in [1.29, 1.82) is 0 Å². The third-order valence-corrected chi connectivity index (χ3v) is 4.50. The first-order valence-corrected chi connectivity index (χ1v) is 8.15. The van der Waals surface area contributed by atoms with Gasteiger partial charge < -0.3 is 14.8 Å². The maximum absolute atomic E-state index is 12.6. The van der Waals surface area contributed by atoms with E-state index in [9.17, 15) is 4.79 Å². The summed E-state index contributed by atoms with van der Waals surface area (Å²) in [6, 6.07) is 7.80. The smallest absolute Gasteiger partial charge is 0.334 e. The highest BCUT2D eigenvalue weighted by Crippen LogP contribution is 2.35. The summed E-state index contributed by atoms with van der Waals surface area (Å²) in [5, 5.41) is 3.39. The second-order valence-corrected chi connectivity index (χ2v) is 6.21. The van der Waals surface area contributed by atoms with Crippen LogP contribution in [0.2, 0.25) is 0 Å². The largest absolute Gasteiger partial charge is 0.464 e. The minimum Gasteiger partial charge on any atom is -0.464 e. The van der Waals surface area contributed by atoms with Gasteiger partial charge in [-0.2, -0.15) is 0 Å². The first kappa shape index (κ1) is 16.3. The molecule has 4 nitrogen and oxygen atoms in total. The van der Waals surface area contributed by atoms with Crippen LogP contribution in [0.3, 0.4) is 0 Å². The zero-order chi connectivity index (χ0) is 15.3. The van der Waals surface area contributed by atoms with E-state index in [0.717, 1.165) is 35.8 Å². The summed E-state index contributed by atoms with van der Waals surface area (Å²) >= 11 is 3.42. The Morgan fingerprint density at radius 1 is 1.38 bits per heavy atom. The van der Waals surface area contributed by atoms with Crippen LogP contribution in [0.4, 0.5) is 5.69 Å². The van der Waals surface area contributed by atoms with E-state index in [2.05, 4.69) is 21.2 Å². The van der Waals surface area contributed by atoms with Gasteiger partial charge in [0, 0.05) is 17.3 Å². The minimum absolute atomic E-state index is 0.172. The Balaban J connectivity index is 2.30. The van der Waals surface area contributed by atoms with Crippen molar-refractivity contribution >= 4 is 27.6 Å². The van der Waals surface area contributed by atoms with Crippen molar-refractivity contribution in [3.63, 3.8) is 0 Å². The molecule has 2 unspecified atom stereocenters. The first-order chi connectivity index (χ1) is 10.1. The molecule has 0 heterocycles. The van der Waals surface area contributed by atoms with Gasteiger partial charge in [-0.1, -0.05) is 28.8 Å². The highest BCUT2D eigenvalue weighted by Gasteiger charge is 2.49. The number of carbonyl (C=O) groups is 1. The van der Waals surface area contributed by atoms with Crippen LogP contribution in [0.15, 0.2) is 28.7 Å². The molecule has 1 aromatic carbocycles. The molecule has 0 radical (unpaired) electrons. The van der Waals surface area contributed by atoms with Crippen molar-refractivity contribution in [3.8, 4) is 0 Å². The Morgan fingerprint density at radius 3 is 2.71 bits per heavy atom. The van der Waals surface area contributed by atoms with E-state index < -0.39 is 5.54 Å². The van der Waals surface area contributed by atoms with Crippen LogP contribution >= 0.6 is 15.9 Å². The van der Waals surface area contributed by atoms with Crippen molar-refractivity contribution in [2.75, 3.05) is 19.0 Å². The molecule has 116 valence electrons. The molecule has 1 fully saturated rings. The zero-order valence-corrected chi connectivity index (χ0v) is 14.1. The lowest BCUT2D eigenvalue weighted by Crippen LogP contribution is -2.58. The van der Waals surface area contributed by atoms with Crippen molar-refractivity contribution in [2.24, 2.45) is 0 Å². The molecule has 0 bridgehead atoms. The molecular weight excluding hydrogens is 334 g/mol. The third-order valence-electron chi connectivity index (χ3n) is 3.97. The molecule has 1 aromatic rings. The van der Waals surface area contributed by atoms with Gasteiger partial charge in [-0.15, -0.1) is 0 Å². The second kappa shape index (κ2) is 7.27. The molecule has 0 spiro atoms. The molecule has 1 aliphatic carbocycles. The predicted molar refractivity (Wildman–Crippen MR) is 86.4 cm³/mol. The summed E-state index contributed by atoms with van der Waals surface area (Å²) in [4.78, 5) is 12.6. The Kier molecular flexibility index (Phi) is 5.65. The number of methoxy groups -OCH3 is 1. The Labute approximate surface area is 134 Å². The fourth-order valence-corrected chi connectivity index (χ4v) is 3.20. The van der Waals surface area contributed by atoms with Gasteiger partial charge in [0.25, 0.3) is 0 Å². The molecule has 0 amide bonds. The maximum atomic E-state index is 12.6. The molecule has 1 aliphatic rings. The number of carbonyl (C=O) groups excluding carboxylic acids is 1. The quantitative estimate of drug-likeness (QED) is 0.817. The number of esters is 1. The Morgan fingerprint density at radius 2 is 2.10 bits per heavy atom. The molecule has 1 N–H and O–H groups in total. The number of hydrogen-bond donors (Lipinski definition) is 1. The van der Waals surface area contributed by atoms with Crippen molar-refractivity contribution < 1.29 is 14.3 Å². The monoisotopic (exact) mass is 355 g/mol. The molecule has 1 saturated carbocycles. The summed E-state index contributed by atoms with van der Waals surface area (Å²) in [6.07, 6.45) is 3.47. The van der Waals surface area contributed by atoms with Gasteiger partial charge in [-0.3, -0.25) is 0 Å². The molecule has 5 heteroatoms. The van der Waals surface area contributed by atoms with Gasteiger partial charge >= 0.3 is 5.97 Å². The standard InChI is InChI=1S/C16H22BrNO3/c1-3-21-15(19)16(11-5-4-6-14(16)20-2)18-13-9-7-12(17)8-10-13/h7-10,14,18H,3-6,11H2,1-2H3. The van der Waals surface area contributed by atoms with Crippen LogP contribution in [0, 0.1) is 0 Å². The van der Waals surface area contributed by atoms with E-state index in [1.54, 1.807) is 7.11 Å². The van der Waals surface area contributed by atoms with Gasteiger partial charge in [0.15, 0.2) is 5.54 Å². The van der Waals surface area contributed by atoms with E-state index in [4.69, 9.17) is 9.47 Å². The van der Waals surface area contributed by atoms with E-state index in [0.29, 0.717) is 6.61 Å². The lowest BCUT2D eigenvalue weighted by atomic mass is 9.78. The SMILES string of the molecule is CCOC(=O)C1(Nc2ccc(Br)cc2)CCCCC1OC. The van der Waals surface area contributed by atoms with E-state index in [-0.39, 0.29) is 12.1 Å². The van der Waals surface area contributed by atoms with Crippen LogP contribution in [-0.4, -0.2) is 31.3 Å². The minimum atomic E-state index is -0.795. The zero-order valence-electron chi connectivity index (χ0n) is 12.5. The van der Waals surface area contributed by atoms with Crippen LogP contribution < -0.4 is 5.32 Å². The molecule has 0 aliphatic heterocycles. The molecular formula is C16H22BrNO3. The van der Waals surface area contributed by atoms with E-state index >= 15 is 0 Å². The number of anilines is 1. The fraction of sp³-hybridized carbons (Fsp3) is 0.562. The molecule has 0 aromatic heterocycles. The van der Waals surface area contributed by atoms with E-state index in [1.165, 1.54) is 0 Å². The van der Waals surface area contributed by atoms with Gasteiger partial charge in [0.2, 0.25) is 0 Å². The first-order valence-electron chi connectivity index (χ1n) is 7.36. The van der Waals surface area contributed by atoms with Crippen molar-refractivity contribution in [3.05, 3.63) is 28.7 Å². The number of rotatable bonds is 5. The average molecular weight is 356 g/mol. The van der Waals surface area contributed by atoms with Crippen molar-refractivity contribution in [1.82, 2.24) is 0 Å². The maximum Gasteiger partial charge on any atom is 0.334 e. The average Bonchev–Trinajstić information content (AvgIpc) is 2.50. The van der Waals surface area contributed by atoms with Gasteiger partial charge in [-0.25, -0.2) is 4.79 Å². The number of benzene rings is 1. The molecule has 0 saturated heterocycles. The topological polar surface area (TPSA) is 47.6 Å². The Bertz CT molecular complexity index is 477.